The molecule has 2 rings (SSSR count). The lowest BCUT2D eigenvalue weighted by atomic mass is 10.2. The molecule has 0 aromatic heterocycles. The van der Waals surface area contributed by atoms with Crippen LogP contribution in [0.4, 0.5) is 0 Å². The summed E-state index contributed by atoms with van der Waals surface area (Å²) < 4.78 is 11.7. The van der Waals surface area contributed by atoms with E-state index in [4.69, 9.17) is 9.47 Å². The van der Waals surface area contributed by atoms with Crippen LogP contribution in [-0.2, 0) is 0 Å². The van der Waals surface area contributed by atoms with Gasteiger partial charge in [0.25, 0.3) is 5.91 Å². The van der Waals surface area contributed by atoms with E-state index in [0.29, 0.717) is 18.7 Å². The van der Waals surface area contributed by atoms with Crippen LogP contribution in [0.5, 0.6) is 11.5 Å². The minimum Gasteiger partial charge on any atom is -0.497 e. The minimum atomic E-state index is -0.0909. The summed E-state index contributed by atoms with van der Waals surface area (Å²) in [5, 5.41) is 2.83. The van der Waals surface area contributed by atoms with Crippen LogP contribution in [0.25, 0.3) is 0 Å². The molecule has 1 N–H and O–H groups in total. The summed E-state index contributed by atoms with van der Waals surface area (Å²) in [5.74, 6) is 1.44. The highest BCUT2D eigenvalue weighted by Crippen LogP contribution is 2.16. The summed E-state index contributed by atoms with van der Waals surface area (Å²) in [5.41, 5.74) is 0.659. The number of halogens is 1. The quantitative estimate of drug-likeness (QED) is 0.602. The van der Waals surface area contributed by atoms with Crippen LogP contribution in [0.2, 0.25) is 0 Å². The summed E-state index contributed by atoms with van der Waals surface area (Å²) >= 11 is 2.18. The van der Waals surface area contributed by atoms with Crippen molar-refractivity contribution in [2.45, 2.75) is 0 Å². The molecule has 4 nitrogen and oxygen atoms in total. The Hall–Kier alpha value is -1.76. The molecule has 110 valence electrons. The second-order valence-electron chi connectivity index (χ2n) is 4.29. The molecule has 0 atom stereocenters. The summed E-state index contributed by atoms with van der Waals surface area (Å²) in [6.45, 7) is 0.873. The standard InChI is InChI=1S/C16H16INO3/c1-20-14-5-7-15(8-6-14)21-10-9-18-16(19)12-3-2-4-13(17)11-12/h2-8,11H,9-10H2,1H3,(H,18,19). The molecule has 0 spiro atoms. The van der Waals surface area contributed by atoms with Crippen molar-refractivity contribution in [3.63, 3.8) is 0 Å². The average molecular weight is 397 g/mol. The van der Waals surface area contributed by atoms with E-state index >= 15 is 0 Å². The molecule has 2 aromatic rings. The Morgan fingerprint density at radius 1 is 1.14 bits per heavy atom. The molecular weight excluding hydrogens is 381 g/mol. The molecule has 1 amide bonds. The van der Waals surface area contributed by atoms with E-state index in [1.54, 1.807) is 13.2 Å². The van der Waals surface area contributed by atoms with Crippen LogP contribution >= 0.6 is 22.6 Å². The van der Waals surface area contributed by atoms with Crippen LogP contribution in [0, 0.1) is 3.57 Å². The summed E-state index contributed by atoms with van der Waals surface area (Å²) in [6, 6.07) is 14.8. The third kappa shape index (κ3) is 4.93. The molecule has 0 unspecified atom stereocenters. The lowest BCUT2D eigenvalue weighted by Crippen LogP contribution is -2.28. The molecule has 0 fully saturated rings. The Balaban J connectivity index is 1.75. The van der Waals surface area contributed by atoms with Gasteiger partial charge < -0.3 is 14.8 Å². The largest absolute Gasteiger partial charge is 0.497 e. The van der Waals surface area contributed by atoms with Crippen molar-refractivity contribution in [3.05, 3.63) is 57.7 Å². The molecule has 0 aliphatic heterocycles. The number of carbonyl (C=O) groups excluding carboxylic acids is 1. The zero-order valence-corrected chi connectivity index (χ0v) is 13.8. The first-order chi connectivity index (χ1) is 10.2. The smallest absolute Gasteiger partial charge is 0.251 e. The lowest BCUT2D eigenvalue weighted by molar-refractivity contribution is 0.0947. The van der Waals surface area contributed by atoms with Gasteiger partial charge in [-0.3, -0.25) is 4.79 Å². The predicted molar refractivity (Wildman–Crippen MR) is 90.0 cm³/mol. The molecular formula is C16H16INO3. The van der Waals surface area contributed by atoms with E-state index in [1.807, 2.05) is 42.5 Å². The van der Waals surface area contributed by atoms with Crippen molar-refractivity contribution in [1.82, 2.24) is 5.32 Å². The maximum atomic E-state index is 11.9. The van der Waals surface area contributed by atoms with Crippen LogP contribution in [-0.4, -0.2) is 26.2 Å². The molecule has 0 bridgehead atoms. The molecule has 0 saturated heterocycles. The van der Waals surface area contributed by atoms with Gasteiger partial charge in [0, 0.05) is 9.13 Å². The van der Waals surface area contributed by atoms with Crippen LogP contribution in [0.15, 0.2) is 48.5 Å². The minimum absolute atomic E-state index is 0.0909. The van der Waals surface area contributed by atoms with Gasteiger partial charge in [-0.2, -0.15) is 0 Å². The van der Waals surface area contributed by atoms with Gasteiger partial charge in [0.1, 0.15) is 18.1 Å². The number of nitrogens with one attached hydrogen (secondary N) is 1. The topological polar surface area (TPSA) is 47.6 Å². The highest BCUT2D eigenvalue weighted by molar-refractivity contribution is 14.1. The van der Waals surface area contributed by atoms with Crippen LogP contribution in [0.3, 0.4) is 0 Å². The van der Waals surface area contributed by atoms with Crippen LogP contribution < -0.4 is 14.8 Å². The number of rotatable bonds is 6. The third-order valence-electron chi connectivity index (χ3n) is 2.80. The van der Waals surface area contributed by atoms with Crippen LogP contribution in [0.1, 0.15) is 10.4 Å². The fourth-order valence-electron chi connectivity index (χ4n) is 1.74. The fourth-order valence-corrected chi connectivity index (χ4v) is 2.28. The molecule has 21 heavy (non-hydrogen) atoms. The molecule has 5 heteroatoms. The highest BCUT2D eigenvalue weighted by atomic mass is 127. The average Bonchev–Trinajstić information content (AvgIpc) is 2.52. The summed E-state index contributed by atoms with van der Waals surface area (Å²) in [4.78, 5) is 11.9. The number of hydrogen-bond donors (Lipinski definition) is 1. The number of ether oxygens (including phenoxy) is 2. The van der Waals surface area contributed by atoms with Crippen molar-refractivity contribution < 1.29 is 14.3 Å². The van der Waals surface area contributed by atoms with Crippen molar-refractivity contribution in [2.24, 2.45) is 0 Å². The fraction of sp³-hybridized carbons (Fsp3) is 0.188. The second-order valence-corrected chi connectivity index (χ2v) is 5.54. The lowest BCUT2D eigenvalue weighted by Gasteiger charge is -2.08. The Labute approximate surface area is 137 Å². The van der Waals surface area contributed by atoms with Gasteiger partial charge in [0.2, 0.25) is 0 Å². The molecule has 0 saturated carbocycles. The van der Waals surface area contributed by atoms with Crippen molar-refractivity contribution >= 4 is 28.5 Å². The van der Waals surface area contributed by atoms with Crippen molar-refractivity contribution in [2.75, 3.05) is 20.3 Å². The van der Waals surface area contributed by atoms with Gasteiger partial charge in [-0.05, 0) is 65.1 Å². The van der Waals surface area contributed by atoms with E-state index in [1.165, 1.54) is 0 Å². The SMILES string of the molecule is COc1ccc(OCCNC(=O)c2cccc(I)c2)cc1. The van der Waals surface area contributed by atoms with Gasteiger partial charge in [-0.15, -0.1) is 0 Å². The zero-order valence-electron chi connectivity index (χ0n) is 11.6. The van der Waals surface area contributed by atoms with Gasteiger partial charge in [0.05, 0.1) is 13.7 Å². The van der Waals surface area contributed by atoms with E-state index < -0.39 is 0 Å². The van der Waals surface area contributed by atoms with Crippen molar-refractivity contribution in [3.8, 4) is 11.5 Å². The van der Waals surface area contributed by atoms with E-state index in [0.717, 1.165) is 15.1 Å². The third-order valence-corrected chi connectivity index (χ3v) is 3.47. The van der Waals surface area contributed by atoms with Gasteiger partial charge in [-0.1, -0.05) is 6.07 Å². The number of benzene rings is 2. The van der Waals surface area contributed by atoms with Gasteiger partial charge in [-0.25, -0.2) is 0 Å². The monoisotopic (exact) mass is 397 g/mol. The second kappa shape index (κ2) is 7.87. The highest BCUT2D eigenvalue weighted by Gasteiger charge is 2.04. The zero-order chi connectivity index (χ0) is 15.1. The first kappa shape index (κ1) is 15.6. The van der Waals surface area contributed by atoms with E-state index in [2.05, 4.69) is 27.9 Å². The maximum Gasteiger partial charge on any atom is 0.251 e. The predicted octanol–water partition coefficient (Wildman–Crippen LogP) is 3.11. The Morgan fingerprint density at radius 3 is 2.52 bits per heavy atom. The summed E-state index contributed by atoms with van der Waals surface area (Å²) in [6.07, 6.45) is 0. The molecule has 0 heterocycles. The van der Waals surface area contributed by atoms with E-state index in [-0.39, 0.29) is 5.91 Å². The normalized spacial score (nSPS) is 10.0. The number of methoxy groups -OCH3 is 1. The molecule has 0 aliphatic carbocycles. The number of amides is 1. The molecule has 2 aromatic carbocycles. The Morgan fingerprint density at radius 2 is 1.86 bits per heavy atom. The van der Waals surface area contributed by atoms with Gasteiger partial charge in [0.15, 0.2) is 0 Å². The first-order valence-corrected chi connectivity index (χ1v) is 7.57. The van der Waals surface area contributed by atoms with Gasteiger partial charge >= 0.3 is 0 Å². The maximum absolute atomic E-state index is 11.9. The number of hydrogen-bond acceptors (Lipinski definition) is 3. The molecule has 0 aliphatic rings. The number of carbonyl (C=O) groups is 1. The Kier molecular flexibility index (Phi) is 5.86. The Bertz CT molecular complexity index is 599. The van der Waals surface area contributed by atoms with E-state index in [9.17, 15) is 4.79 Å². The summed E-state index contributed by atoms with van der Waals surface area (Å²) in [7, 11) is 1.62. The molecule has 0 radical (unpaired) electrons. The first-order valence-electron chi connectivity index (χ1n) is 6.49. The van der Waals surface area contributed by atoms with Crippen molar-refractivity contribution in [1.29, 1.82) is 0 Å².